The first-order valence-electron chi connectivity index (χ1n) is 16.6. The molecule has 4 aromatic carbocycles. The molecule has 3 fully saturated rings. The third-order valence-corrected chi connectivity index (χ3v) is 11.0. The number of nitrogens with zero attached hydrogens (tertiary/aromatic N) is 2. The Bertz CT molecular complexity index is 1560. The molecule has 4 unspecified atom stereocenters. The fourth-order valence-corrected chi connectivity index (χ4v) is 8.66. The van der Waals surface area contributed by atoms with Crippen molar-refractivity contribution in [1.82, 2.24) is 9.80 Å². The third-order valence-electron chi connectivity index (χ3n) is 11.0. The molecule has 3 aliphatic rings. The first kappa shape index (κ1) is 28.9. The van der Waals surface area contributed by atoms with E-state index in [-0.39, 0.29) is 29.8 Å². The van der Waals surface area contributed by atoms with Crippen LogP contribution >= 0.6 is 0 Å². The summed E-state index contributed by atoms with van der Waals surface area (Å²) in [6.07, 6.45) is 6.18. The Morgan fingerprint density at radius 2 is 1.23 bits per heavy atom. The van der Waals surface area contributed by atoms with Crippen molar-refractivity contribution in [3.05, 3.63) is 96.1 Å². The highest BCUT2D eigenvalue weighted by atomic mass is 16.3. The van der Waals surface area contributed by atoms with E-state index < -0.39 is 5.60 Å². The second kappa shape index (κ2) is 12.3. The number of rotatable bonds is 8. The van der Waals surface area contributed by atoms with Crippen molar-refractivity contribution in [3.63, 3.8) is 0 Å². The van der Waals surface area contributed by atoms with Gasteiger partial charge in [-0.3, -0.25) is 0 Å². The minimum atomic E-state index is -0.828. The smallest absolute Gasteiger partial charge is 0.0762 e. The van der Waals surface area contributed by atoms with Crippen molar-refractivity contribution < 1.29 is 5.11 Å². The van der Waals surface area contributed by atoms with Crippen LogP contribution in [-0.4, -0.2) is 71.9 Å². The second-order valence-electron chi connectivity index (χ2n) is 13.8. The summed E-state index contributed by atoms with van der Waals surface area (Å²) in [5.74, 6) is 0.382. The molecule has 0 spiro atoms. The molecule has 7 rings (SSSR count). The van der Waals surface area contributed by atoms with Crippen molar-refractivity contribution in [2.24, 2.45) is 17.4 Å². The summed E-state index contributed by atoms with van der Waals surface area (Å²) in [5, 5.41) is 18.4. The first-order valence-corrected chi connectivity index (χ1v) is 16.6. The number of benzene rings is 4. The van der Waals surface area contributed by atoms with Crippen LogP contribution in [0, 0.1) is 5.92 Å². The summed E-state index contributed by atoms with van der Waals surface area (Å²) in [6, 6.07) is 31.7. The van der Waals surface area contributed by atoms with Crippen LogP contribution in [0.1, 0.15) is 61.5 Å². The molecule has 1 saturated carbocycles. The van der Waals surface area contributed by atoms with Crippen LogP contribution in [0.5, 0.6) is 0 Å². The van der Waals surface area contributed by atoms with Gasteiger partial charge in [-0.15, -0.1) is 0 Å². The Morgan fingerprint density at radius 1 is 0.674 bits per heavy atom. The lowest BCUT2D eigenvalue weighted by atomic mass is 9.61. The number of hydrogen-bond acceptors (Lipinski definition) is 5. The van der Waals surface area contributed by atoms with Crippen LogP contribution in [0.4, 0.5) is 0 Å². The van der Waals surface area contributed by atoms with Crippen LogP contribution in [-0.2, 0) is 0 Å². The summed E-state index contributed by atoms with van der Waals surface area (Å²) in [6.45, 7) is 5.68. The fourth-order valence-electron chi connectivity index (χ4n) is 8.66. The maximum Gasteiger partial charge on any atom is 0.0762 e. The zero-order chi connectivity index (χ0) is 29.4. The van der Waals surface area contributed by atoms with Gasteiger partial charge in [0, 0.05) is 50.1 Å². The molecule has 5 N–H and O–H groups in total. The van der Waals surface area contributed by atoms with E-state index in [0.29, 0.717) is 0 Å². The van der Waals surface area contributed by atoms with E-state index in [1.807, 2.05) is 0 Å². The fraction of sp³-hybridized carbons (Fsp3) is 0.474. The molecule has 0 amide bonds. The number of aliphatic hydroxyl groups is 1. The number of nitrogens with two attached hydrogens (primary N) is 2. The van der Waals surface area contributed by atoms with Gasteiger partial charge < -0.3 is 26.4 Å². The number of hydrogen-bond donors (Lipinski definition) is 3. The Balaban J connectivity index is 1.31. The Morgan fingerprint density at radius 3 is 1.84 bits per heavy atom. The topological polar surface area (TPSA) is 78.8 Å². The van der Waals surface area contributed by atoms with Crippen molar-refractivity contribution in [1.29, 1.82) is 0 Å². The highest BCUT2D eigenvalue weighted by Crippen LogP contribution is 2.51. The van der Waals surface area contributed by atoms with Gasteiger partial charge in [0.15, 0.2) is 0 Å². The molecule has 1 aliphatic carbocycles. The normalized spacial score (nSPS) is 28.5. The first-order chi connectivity index (χ1) is 21.0. The predicted octanol–water partition coefficient (Wildman–Crippen LogP) is 5.85. The molecule has 5 heteroatoms. The molecular formula is C38H48N4O. The van der Waals surface area contributed by atoms with Crippen LogP contribution in [0.25, 0.3) is 21.5 Å². The predicted molar refractivity (Wildman–Crippen MR) is 178 cm³/mol. The van der Waals surface area contributed by atoms with Gasteiger partial charge in [-0.05, 0) is 77.4 Å². The van der Waals surface area contributed by atoms with Crippen LogP contribution in [0.3, 0.4) is 0 Å². The van der Waals surface area contributed by atoms with Gasteiger partial charge in [-0.1, -0.05) is 97.8 Å². The van der Waals surface area contributed by atoms with Crippen molar-refractivity contribution in [3.8, 4) is 0 Å². The monoisotopic (exact) mass is 576 g/mol. The lowest BCUT2D eigenvalue weighted by Crippen LogP contribution is -2.53. The minimum Gasteiger partial charge on any atom is -0.389 e. The minimum absolute atomic E-state index is 0.0106. The lowest BCUT2D eigenvalue weighted by molar-refractivity contribution is -0.0879. The average Bonchev–Trinajstić information content (AvgIpc) is 3.65. The molecule has 2 heterocycles. The molecule has 43 heavy (non-hydrogen) atoms. The van der Waals surface area contributed by atoms with Crippen molar-refractivity contribution in [2.75, 3.05) is 39.3 Å². The van der Waals surface area contributed by atoms with E-state index in [4.69, 9.17) is 11.5 Å². The molecule has 226 valence electrons. The Kier molecular flexibility index (Phi) is 8.28. The van der Waals surface area contributed by atoms with Gasteiger partial charge in [0.2, 0.25) is 0 Å². The standard InChI is InChI=1S/C38H48N4O/c39-33-16-19-41(23-33)25-35(31-14-12-27-7-1-3-9-29(27)21-31)36-11-5-6-18-38(36,43)37(26-42-20-17-34(40)24-42)32-15-13-28-8-2-4-10-30(28)22-32/h1-4,7-10,12-15,21-22,33-37,43H,5-6,11,16-20,23-26,39-40H2/t33-,34-,35?,36?,37?,38?/m1/s1. The maximum absolute atomic E-state index is 13.3. The van der Waals surface area contributed by atoms with E-state index >= 15 is 0 Å². The van der Waals surface area contributed by atoms with Gasteiger partial charge in [0.1, 0.15) is 0 Å². The SMILES string of the molecule is N[C@@H]1CCN(CC(c2ccc3ccccc3c2)C2CCCCC2(O)C(CN2CC[C@@H](N)C2)c2ccc3ccccc3c2)C1. The number of fused-ring (bicyclic) bond motifs is 2. The zero-order valence-electron chi connectivity index (χ0n) is 25.5. The molecule has 2 saturated heterocycles. The van der Waals surface area contributed by atoms with Gasteiger partial charge in [0.25, 0.3) is 0 Å². The molecular weight excluding hydrogens is 528 g/mol. The number of likely N-dealkylation sites (tertiary alicyclic amines) is 2. The zero-order valence-corrected chi connectivity index (χ0v) is 25.5. The largest absolute Gasteiger partial charge is 0.389 e. The average molecular weight is 577 g/mol. The van der Waals surface area contributed by atoms with Crippen LogP contribution < -0.4 is 11.5 Å². The van der Waals surface area contributed by atoms with E-state index in [1.54, 1.807) is 0 Å². The molecule has 0 radical (unpaired) electrons. The van der Waals surface area contributed by atoms with E-state index in [9.17, 15) is 5.11 Å². The summed E-state index contributed by atoms with van der Waals surface area (Å²) >= 11 is 0. The molecule has 6 atom stereocenters. The van der Waals surface area contributed by atoms with E-state index in [1.165, 1.54) is 32.7 Å². The van der Waals surface area contributed by atoms with Gasteiger partial charge in [-0.2, -0.15) is 0 Å². The Labute approximate surface area is 256 Å². The van der Waals surface area contributed by atoms with Crippen LogP contribution in [0.2, 0.25) is 0 Å². The highest BCUT2D eigenvalue weighted by molar-refractivity contribution is 5.84. The summed E-state index contributed by atoms with van der Waals surface area (Å²) in [4.78, 5) is 5.07. The van der Waals surface area contributed by atoms with Gasteiger partial charge in [-0.25, -0.2) is 0 Å². The van der Waals surface area contributed by atoms with Crippen molar-refractivity contribution >= 4 is 21.5 Å². The van der Waals surface area contributed by atoms with E-state index in [2.05, 4.69) is 94.7 Å². The summed E-state index contributed by atoms with van der Waals surface area (Å²) in [5.41, 5.74) is 14.6. The van der Waals surface area contributed by atoms with Gasteiger partial charge >= 0.3 is 0 Å². The second-order valence-corrected chi connectivity index (χ2v) is 13.8. The molecule has 5 nitrogen and oxygen atoms in total. The van der Waals surface area contributed by atoms with E-state index in [0.717, 1.165) is 77.8 Å². The molecule has 2 aliphatic heterocycles. The van der Waals surface area contributed by atoms with Crippen molar-refractivity contribution in [2.45, 2.75) is 68.0 Å². The van der Waals surface area contributed by atoms with Gasteiger partial charge in [0.05, 0.1) is 5.60 Å². The quantitative estimate of drug-likeness (QED) is 0.245. The van der Waals surface area contributed by atoms with Crippen LogP contribution in [0.15, 0.2) is 84.9 Å². The molecule has 4 aromatic rings. The summed E-state index contributed by atoms with van der Waals surface area (Å²) in [7, 11) is 0. The maximum atomic E-state index is 13.3. The lowest BCUT2D eigenvalue weighted by Gasteiger charge is -2.50. The third kappa shape index (κ3) is 5.99. The summed E-state index contributed by atoms with van der Waals surface area (Å²) < 4.78 is 0. The molecule has 0 aromatic heterocycles. The highest BCUT2D eigenvalue weighted by Gasteiger charge is 2.50. The Hall–Kier alpha value is -2.80. The molecule has 0 bridgehead atoms.